The molecule has 2 heterocycles. The second kappa shape index (κ2) is 13.0. The number of aromatic nitrogens is 1. The van der Waals surface area contributed by atoms with Crippen LogP contribution in [0.5, 0.6) is 0 Å². The molecule has 0 aliphatic carbocycles. The summed E-state index contributed by atoms with van der Waals surface area (Å²) >= 11 is 1.89. The van der Waals surface area contributed by atoms with Gasteiger partial charge in [-0.25, -0.2) is 0 Å². The molecule has 254 valence electrons. The lowest BCUT2D eigenvalue weighted by Gasteiger charge is -2.18. The maximum absolute atomic E-state index is 3.00. The molecular weight excluding hydrogens is 671 g/mol. The first-order valence-corrected chi connectivity index (χ1v) is 19.2. The lowest BCUT2D eigenvalue weighted by Crippen LogP contribution is -1.95. The van der Waals surface area contributed by atoms with Crippen LogP contribution in [0.25, 0.3) is 103 Å². The molecule has 0 unspecified atom stereocenters. The molecule has 0 amide bonds. The predicted molar refractivity (Wildman–Crippen MR) is 236 cm³/mol. The van der Waals surface area contributed by atoms with E-state index in [1.54, 1.807) is 0 Å². The number of thiophene rings is 1. The van der Waals surface area contributed by atoms with E-state index in [1.165, 1.54) is 96.9 Å². The summed E-state index contributed by atoms with van der Waals surface area (Å²) in [5.41, 5.74) is 11.1. The molecule has 2 heteroatoms. The summed E-state index contributed by atoms with van der Waals surface area (Å²) < 4.78 is 5.12. The highest BCUT2D eigenvalue weighted by atomic mass is 32.1. The monoisotopic (exact) mass is 705 g/mol. The molecule has 0 N–H and O–H groups in total. The summed E-state index contributed by atoms with van der Waals surface area (Å²) in [5.74, 6) is 0. The zero-order chi connectivity index (χ0) is 36.2. The van der Waals surface area contributed by atoms with Gasteiger partial charge in [0.15, 0.2) is 0 Å². The minimum absolute atomic E-state index is 1.16. The Hall–Kier alpha value is -6.74. The average molecular weight is 706 g/mol. The van der Waals surface area contributed by atoms with Gasteiger partial charge in [0.2, 0.25) is 0 Å². The van der Waals surface area contributed by atoms with E-state index in [1.807, 2.05) is 11.3 Å². The third-order valence-electron chi connectivity index (χ3n) is 10.8. The van der Waals surface area contributed by atoms with E-state index in [4.69, 9.17) is 0 Å². The van der Waals surface area contributed by atoms with Crippen molar-refractivity contribution in [1.29, 1.82) is 0 Å². The van der Waals surface area contributed by atoms with Gasteiger partial charge < -0.3 is 4.57 Å². The fraction of sp³-hybridized carbons (Fsp3) is 0. The number of rotatable bonds is 4. The average Bonchev–Trinajstić information content (AvgIpc) is 3.79. The number of para-hydroxylation sites is 1. The molecule has 0 bridgehead atoms. The fourth-order valence-electron chi connectivity index (χ4n) is 8.55. The zero-order valence-corrected chi connectivity index (χ0v) is 30.5. The Labute approximate surface area is 318 Å². The molecule has 2 aromatic heterocycles. The van der Waals surface area contributed by atoms with Crippen molar-refractivity contribution in [1.82, 2.24) is 4.57 Å². The van der Waals surface area contributed by atoms with Crippen LogP contribution in [0.3, 0.4) is 0 Å². The minimum atomic E-state index is 1.16. The van der Waals surface area contributed by atoms with Crippen LogP contribution in [0.1, 0.15) is 0 Å². The number of fused-ring (bicyclic) bond motifs is 8. The molecular formula is C52H35NS. The first kappa shape index (κ1) is 32.0. The van der Waals surface area contributed by atoms with Crippen LogP contribution in [0.15, 0.2) is 201 Å². The van der Waals surface area contributed by atoms with E-state index in [9.17, 15) is 0 Å². The largest absolute Gasteiger partial charge is 0.309 e. The third kappa shape index (κ3) is 4.92. The van der Waals surface area contributed by atoms with Crippen LogP contribution in [0.4, 0.5) is 0 Å². The maximum Gasteiger partial charge on any atom is 0.0541 e. The van der Waals surface area contributed by atoms with Gasteiger partial charge in [-0.15, -0.1) is 24.5 Å². The molecule has 0 atom stereocenters. The standard InChI is InChI=1S/C50H31NS.C2H4/c1-2-14-32(15-3-1)48-39-20-4-6-22-41(39)49(42-23-7-5-21-40(42)48)34-16-12-17-35(30-34)51-45-26-10-8-18-37(45)44-31-33(28-29-46(44)51)36-24-13-25-43-38-19-9-11-27-47(38)52-50(36)43;1-2/h1-31H;1-2H2. The number of hydrogen-bond donors (Lipinski definition) is 0. The highest BCUT2D eigenvalue weighted by molar-refractivity contribution is 7.26. The van der Waals surface area contributed by atoms with Gasteiger partial charge in [0.25, 0.3) is 0 Å². The second-order valence-corrected chi connectivity index (χ2v) is 14.7. The van der Waals surface area contributed by atoms with Crippen molar-refractivity contribution in [3.8, 4) is 39.1 Å². The number of hydrogen-bond acceptors (Lipinski definition) is 1. The van der Waals surface area contributed by atoms with Crippen LogP contribution in [-0.2, 0) is 0 Å². The number of nitrogens with zero attached hydrogens (tertiary/aromatic N) is 1. The van der Waals surface area contributed by atoms with Crippen LogP contribution < -0.4 is 0 Å². The Morgan fingerprint density at radius 1 is 0.352 bits per heavy atom. The Morgan fingerprint density at radius 2 is 0.889 bits per heavy atom. The highest BCUT2D eigenvalue weighted by Gasteiger charge is 2.19. The van der Waals surface area contributed by atoms with Crippen molar-refractivity contribution < 1.29 is 0 Å². The number of benzene rings is 9. The van der Waals surface area contributed by atoms with Gasteiger partial charge in [-0.2, -0.15) is 0 Å². The van der Waals surface area contributed by atoms with Crippen LogP contribution in [0, 0.1) is 0 Å². The molecule has 0 aliphatic heterocycles. The summed E-state index contributed by atoms with van der Waals surface area (Å²) in [6.07, 6.45) is 0. The molecule has 0 saturated carbocycles. The minimum Gasteiger partial charge on any atom is -0.309 e. The van der Waals surface area contributed by atoms with E-state index in [0.717, 1.165) is 5.69 Å². The van der Waals surface area contributed by atoms with Crippen molar-refractivity contribution in [3.63, 3.8) is 0 Å². The van der Waals surface area contributed by atoms with Crippen molar-refractivity contribution in [2.75, 3.05) is 0 Å². The lowest BCUT2D eigenvalue weighted by atomic mass is 9.86. The van der Waals surface area contributed by atoms with E-state index in [-0.39, 0.29) is 0 Å². The van der Waals surface area contributed by atoms with Gasteiger partial charge in [0, 0.05) is 36.6 Å². The van der Waals surface area contributed by atoms with Crippen molar-refractivity contribution >= 4 is 74.9 Å². The molecule has 0 aliphatic rings. The van der Waals surface area contributed by atoms with Gasteiger partial charge in [0.05, 0.1) is 11.0 Å². The summed E-state index contributed by atoms with van der Waals surface area (Å²) in [5, 5.41) is 10.2. The normalized spacial score (nSPS) is 11.5. The third-order valence-corrected chi connectivity index (χ3v) is 12.0. The second-order valence-electron chi connectivity index (χ2n) is 13.6. The van der Waals surface area contributed by atoms with E-state index < -0.39 is 0 Å². The van der Waals surface area contributed by atoms with Crippen LogP contribution in [-0.4, -0.2) is 4.57 Å². The lowest BCUT2D eigenvalue weighted by molar-refractivity contribution is 1.18. The Balaban J connectivity index is 0.00000178. The molecule has 54 heavy (non-hydrogen) atoms. The predicted octanol–water partition coefficient (Wildman–Crippen LogP) is 15.3. The SMILES string of the molecule is C=C.c1ccc(-c2c3ccccc3c(-c3cccc(-n4c5ccccc5c5cc(-c6cccc7c6sc6ccccc67)ccc54)c3)c3ccccc23)cc1. The quantitative estimate of drug-likeness (QED) is 0.127. The summed E-state index contributed by atoms with van der Waals surface area (Å²) in [4.78, 5) is 0. The van der Waals surface area contributed by atoms with Gasteiger partial charge in [-0.3, -0.25) is 0 Å². The Bertz CT molecular complexity index is 3140. The fourth-order valence-corrected chi connectivity index (χ4v) is 9.79. The summed E-state index contributed by atoms with van der Waals surface area (Å²) in [7, 11) is 0. The summed E-state index contributed by atoms with van der Waals surface area (Å²) in [6.45, 7) is 6.00. The molecule has 0 fully saturated rings. The molecule has 0 radical (unpaired) electrons. The van der Waals surface area contributed by atoms with Crippen LogP contribution >= 0.6 is 11.3 Å². The topological polar surface area (TPSA) is 4.93 Å². The molecule has 11 aromatic rings. The molecule has 11 rings (SSSR count). The molecule has 1 nitrogen and oxygen atoms in total. The Morgan fingerprint density at radius 3 is 1.61 bits per heavy atom. The first-order chi connectivity index (χ1) is 26.8. The van der Waals surface area contributed by atoms with E-state index in [2.05, 4.69) is 206 Å². The van der Waals surface area contributed by atoms with Crippen molar-refractivity contribution in [3.05, 3.63) is 201 Å². The van der Waals surface area contributed by atoms with Crippen molar-refractivity contribution in [2.45, 2.75) is 0 Å². The van der Waals surface area contributed by atoms with Gasteiger partial charge >= 0.3 is 0 Å². The van der Waals surface area contributed by atoms with Crippen LogP contribution in [0.2, 0.25) is 0 Å². The van der Waals surface area contributed by atoms with Gasteiger partial charge in [0.1, 0.15) is 0 Å². The molecule has 0 saturated heterocycles. The van der Waals surface area contributed by atoms with Gasteiger partial charge in [-0.1, -0.05) is 152 Å². The zero-order valence-electron chi connectivity index (χ0n) is 29.7. The van der Waals surface area contributed by atoms with Gasteiger partial charge in [-0.05, 0) is 91.3 Å². The highest BCUT2D eigenvalue weighted by Crippen LogP contribution is 2.45. The van der Waals surface area contributed by atoms with Crippen molar-refractivity contribution in [2.24, 2.45) is 0 Å². The molecule has 9 aromatic carbocycles. The molecule has 0 spiro atoms. The smallest absolute Gasteiger partial charge is 0.0541 e. The first-order valence-electron chi connectivity index (χ1n) is 18.4. The van der Waals surface area contributed by atoms with E-state index in [0.29, 0.717) is 0 Å². The summed E-state index contributed by atoms with van der Waals surface area (Å²) in [6, 6.07) is 69.1. The maximum atomic E-state index is 3.00. The van der Waals surface area contributed by atoms with E-state index >= 15 is 0 Å². The Kier molecular flexibility index (Phi) is 7.71.